The Morgan fingerprint density at radius 2 is 1.70 bits per heavy atom. The molecule has 3 aromatic rings. The Hall–Kier alpha value is -2.47. The number of hydrogen-bond donors (Lipinski definition) is 0. The van der Waals surface area contributed by atoms with Crippen LogP contribution in [-0.2, 0) is 16.3 Å². The summed E-state index contributed by atoms with van der Waals surface area (Å²) in [6, 6.07) is 16.2. The SMILES string of the molecule is Cc1ccc(S(=O)(=O)CCc2nc(-c3ccccc3)no2)cc1. The third-order valence-corrected chi connectivity index (χ3v) is 5.20. The molecule has 0 aliphatic carbocycles. The second-order valence-electron chi connectivity index (χ2n) is 5.26. The van der Waals surface area contributed by atoms with E-state index in [1.54, 1.807) is 24.3 Å². The molecule has 1 heterocycles. The summed E-state index contributed by atoms with van der Waals surface area (Å²) in [5.74, 6) is 0.722. The Balaban J connectivity index is 1.71. The highest BCUT2D eigenvalue weighted by molar-refractivity contribution is 7.91. The summed E-state index contributed by atoms with van der Waals surface area (Å²) < 4.78 is 29.8. The Kier molecular flexibility index (Phi) is 4.25. The molecule has 0 saturated heterocycles. The van der Waals surface area contributed by atoms with E-state index < -0.39 is 9.84 Å². The van der Waals surface area contributed by atoms with Crippen molar-refractivity contribution in [2.45, 2.75) is 18.2 Å². The molecule has 3 rings (SSSR count). The van der Waals surface area contributed by atoms with Gasteiger partial charge in [-0.3, -0.25) is 0 Å². The van der Waals surface area contributed by atoms with Gasteiger partial charge in [-0.1, -0.05) is 53.2 Å². The number of hydrogen-bond acceptors (Lipinski definition) is 5. The number of rotatable bonds is 5. The lowest BCUT2D eigenvalue weighted by Crippen LogP contribution is -2.09. The Morgan fingerprint density at radius 3 is 2.39 bits per heavy atom. The van der Waals surface area contributed by atoms with Gasteiger partial charge in [0.25, 0.3) is 0 Å². The van der Waals surface area contributed by atoms with E-state index in [0.717, 1.165) is 11.1 Å². The van der Waals surface area contributed by atoms with Crippen molar-refractivity contribution in [1.82, 2.24) is 10.1 Å². The summed E-state index contributed by atoms with van der Waals surface area (Å²) in [6.45, 7) is 1.92. The van der Waals surface area contributed by atoms with Gasteiger partial charge in [0, 0.05) is 12.0 Å². The first kappa shape index (κ1) is 15.4. The lowest BCUT2D eigenvalue weighted by Gasteiger charge is -2.02. The monoisotopic (exact) mass is 328 g/mol. The normalized spacial score (nSPS) is 11.5. The summed E-state index contributed by atoms with van der Waals surface area (Å²) in [5.41, 5.74) is 1.86. The van der Waals surface area contributed by atoms with Crippen molar-refractivity contribution in [3.63, 3.8) is 0 Å². The zero-order valence-corrected chi connectivity index (χ0v) is 13.5. The highest BCUT2D eigenvalue weighted by atomic mass is 32.2. The summed E-state index contributed by atoms with van der Waals surface area (Å²) in [7, 11) is -3.36. The number of nitrogens with zero attached hydrogens (tertiary/aromatic N) is 2. The van der Waals surface area contributed by atoms with Crippen LogP contribution in [0.4, 0.5) is 0 Å². The smallest absolute Gasteiger partial charge is 0.227 e. The number of benzene rings is 2. The van der Waals surface area contributed by atoms with Gasteiger partial charge in [0.05, 0.1) is 10.6 Å². The molecule has 0 spiro atoms. The van der Waals surface area contributed by atoms with Gasteiger partial charge in [0.1, 0.15) is 0 Å². The standard InChI is InChI=1S/C17H16N2O3S/c1-13-7-9-15(10-8-13)23(20,21)12-11-16-18-17(19-22-16)14-5-3-2-4-6-14/h2-10H,11-12H2,1H3. The molecule has 2 aromatic carbocycles. The van der Waals surface area contributed by atoms with Crippen LogP contribution in [0.2, 0.25) is 0 Å². The van der Waals surface area contributed by atoms with Gasteiger partial charge in [0.15, 0.2) is 9.84 Å². The average molecular weight is 328 g/mol. The predicted octanol–water partition coefficient (Wildman–Crippen LogP) is 3.06. The molecule has 6 heteroatoms. The van der Waals surface area contributed by atoms with Gasteiger partial charge >= 0.3 is 0 Å². The molecule has 1 aromatic heterocycles. The van der Waals surface area contributed by atoms with E-state index in [1.165, 1.54) is 0 Å². The van der Waals surface area contributed by atoms with Crippen LogP contribution in [0.3, 0.4) is 0 Å². The topological polar surface area (TPSA) is 73.1 Å². The molecule has 118 valence electrons. The largest absolute Gasteiger partial charge is 0.339 e. The van der Waals surface area contributed by atoms with Gasteiger partial charge in [-0.15, -0.1) is 0 Å². The van der Waals surface area contributed by atoms with Crippen molar-refractivity contribution >= 4 is 9.84 Å². The van der Waals surface area contributed by atoms with Crippen LogP contribution in [0.25, 0.3) is 11.4 Å². The first-order valence-corrected chi connectivity index (χ1v) is 8.87. The fourth-order valence-electron chi connectivity index (χ4n) is 2.15. The van der Waals surface area contributed by atoms with Gasteiger partial charge < -0.3 is 4.52 Å². The molecule has 5 nitrogen and oxygen atoms in total. The van der Waals surface area contributed by atoms with E-state index >= 15 is 0 Å². The minimum absolute atomic E-state index is 0.0630. The van der Waals surface area contributed by atoms with Gasteiger partial charge in [0.2, 0.25) is 11.7 Å². The molecular formula is C17H16N2O3S. The van der Waals surface area contributed by atoms with E-state index in [-0.39, 0.29) is 12.2 Å². The number of sulfone groups is 1. The number of aromatic nitrogens is 2. The van der Waals surface area contributed by atoms with E-state index in [0.29, 0.717) is 16.6 Å². The fraction of sp³-hybridized carbons (Fsp3) is 0.176. The summed E-state index contributed by atoms with van der Waals surface area (Å²) in [4.78, 5) is 4.56. The van der Waals surface area contributed by atoms with Crippen molar-refractivity contribution < 1.29 is 12.9 Å². The molecule has 0 N–H and O–H groups in total. The van der Waals surface area contributed by atoms with Crippen molar-refractivity contribution in [2.75, 3.05) is 5.75 Å². The van der Waals surface area contributed by atoms with Crippen LogP contribution >= 0.6 is 0 Å². The lowest BCUT2D eigenvalue weighted by atomic mass is 10.2. The molecule has 0 radical (unpaired) electrons. The van der Waals surface area contributed by atoms with Crippen LogP contribution in [0.1, 0.15) is 11.5 Å². The van der Waals surface area contributed by atoms with Gasteiger partial charge in [-0.05, 0) is 19.1 Å². The average Bonchev–Trinajstić information content (AvgIpc) is 3.03. The van der Waals surface area contributed by atoms with Crippen LogP contribution in [0.15, 0.2) is 64.0 Å². The Labute approximate surface area is 134 Å². The van der Waals surface area contributed by atoms with Crippen LogP contribution in [0.5, 0.6) is 0 Å². The maximum atomic E-state index is 12.3. The zero-order valence-electron chi connectivity index (χ0n) is 12.6. The third-order valence-electron chi connectivity index (χ3n) is 3.46. The third kappa shape index (κ3) is 3.65. The predicted molar refractivity (Wildman–Crippen MR) is 86.7 cm³/mol. The highest BCUT2D eigenvalue weighted by Gasteiger charge is 2.17. The molecule has 0 unspecified atom stereocenters. The second kappa shape index (κ2) is 6.34. The van der Waals surface area contributed by atoms with Crippen LogP contribution < -0.4 is 0 Å². The maximum Gasteiger partial charge on any atom is 0.227 e. The highest BCUT2D eigenvalue weighted by Crippen LogP contribution is 2.17. The molecule has 0 fully saturated rings. The van der Waals surface area contributed by atoms with E-state index in [9.17, 15) is 8.42 Å². The molecule has 0 atom stereocenters. The molecule has 0 saturated carbocycles. The fourth-order valence-corrected chi connectivity index (χ4v) is 3.38. The van der Waals surface area contributed by atoms with Crippen LogP contribution in [-0.4, -0.2) is 24.3 Å². The summed E-state index contributed by atoms with van der Waals surface area (Å²) >= 11 is 0. The molecule has 0 aliphatic heterocycles. The first-order valence-electron chi connectivity index (χ1n) is 7.22. The Morgan fingerprint density at radius 1 is 1.00 bits per heavy atom. The number of aryl methyl sites for hydroxylation is 2. The second-order valence-corrected chi connectivity index (χ2v) is 7.37. The molecule has 0 bridgehead atoms. The van der Waals surface area contributed by atoms with E-state index in [4.69, 9.17) is 4.52 Å². The lowest BCUT2D eigenvalue weighted by molar-refractivity contribution is 0.382. The minimum atomic E-state index is -3.36. The Bertz CT molecular complexity index is 885. The van der Waals surface area contributed by atoms with Crippen molar-refractivity contribution in [2.24, 2.45) is 0 Å². The first-order chi connectivity index (χ1) is 11.0. The molecular weight excluding hydrogens is 312 g/mol. The van der Waals surface area contributed by atoms with Gasteiger partial charge in [-0.25, -0.2) is 8.42 Å². The summed E-state index contributed by atoms with van der Waals surface area (Å²) in [5, 5.41) is 3.89. The van der Waals surface area contributed by atoms with E-state index in [2.05, 4.69) is 10.1 Å². The molecule has 0 amide bonds. The quantitative estimate of drug-likeness (QED) is 0.719. The van der Waals surface area contributed by atoms with E-state index in [1.807, 2.05) is 37.3 Å². The summed E-state index contributed by atoms with van der Waals surface area (Å²) in [6.07, 6.45) is 0.191. The maximum absolute atomic E-state index is 12.3. The van der Waals surface area contributed by atoms with Crippen LogP contribution in [0, 0.1) is 6.92 Å². The van der Waals surface area contributed by atoms with Crippen molar-refractivity contribution in [3.05, 3.63) is 66.1 Å². The molecule has 23 heavy (non-hydrogen) atoms. The molecule has 0 aliphatic rings. The van der Waals surface area contributed by atoms with Crippen molar-refractivity contribution in [1.29, 1.82) is 0 Å². The minimum Gasteiger partial charge on any atom is -0.339 e. The van der Waals surface area contributed by atoms with Gasteiger partial charge in [-0.2, -0.15) is 4.98 Å². The van der Waals surface area contributed by atoms with Crippen molar-refractivity contribution in [3.8, 4) is 11.4 Å². The zero-order chi connectivity index (χ0) is 16.3.